The summed E-state index contributed by atoms with van der Waals surface area (Å²) in [5, 5.41) is 8.15. The fourth-order valence-electron chi connectivity index (χ4n) is 2.63. The largest absolute Gasteiger partial charge is 0.378 e. The highest BCUT2D eigenvalue weighted by atomic mass is 15.3. The Hall–Kier alpha value is -1.77. The molecule has 0 aliphatic rings. The Labute approximate surface area is 128 Å². The van der Waals surface area contributed by atoms with E-state index in [1.807, 2.05) is 0 Å². The molecule has 0 atom stereocenters. The molecule has 1 N–H and O–H groups in total. The normalized spacial score (nSPS) is 11.4. The van der Waals surface area contributed by atoms with Gasteiger partial charge in [0.15, 0.2) is 0 Å². The van der Waals surface area contributed by atoms with E-state index in [0.717, 1.165) is 17.9 Å². The predicted octanol–water partition coefficient (Wildman–Crippen LogP) is 4.82. The first-order valence-corrected chi connectivity index (χ1v) is 7.78. The number of nitrogens with zero attached hydrogens (tertiary/aromatic N) is 2. The second kappa shape index (κ2) is 6.33. The maximum Gasteiger partial charge on any atom is 0.0828 e. The molecule has 0 amide bonds. The van der Waals surface area contributed by atoms with Crippen LogP contribution >= 0.6 is 0 Å². The van der Waals surface area contributed by atoms with Crippen molar-refractivity contribution in [3.63, 3.8) is 0 Å². The second-order valence-electron chi connectivity index (χ2n) is 6.33. The van der Waals surface area contributed by atoms with Gasteiger partial charge in [0, 0.05) is 12.6 Å². The maximum absolute atomic E-state index is 4.61. The van der Waals surface area contributed by atoms with Crippen LogP contribution in [0.3, 0.4) is 0 Å². The third-order valence-electron chi connectivity index (χ3n) is 3.93. The first-order valence-electron chi connectivity index (χ1n) is 7.78. The highest BCUT2D eigenvalue weighted by molar-refractivity contribution is 5.52. The van der Waals surface area contributed by atoms with Crippen LogP contribution in [0.1, 0.15) is 62.2 Å². The summed E-state index contributed by atoms with van der Waals surface area (Å²) in [5.41, 5.74) is 6.13. The summed E-state index contributed by atoms with van der Waals surface area (Å²) in [7, 11) is 0. The van der Waals surface area contributed by atoms with E-state index in [2.05, 4.69) is 80.9 Å². The van der Waals surface area contributed by atoms with Crippen molar-refractivity contribution in [3.05, 3.63) is 46.8 Å². The van der Waals surface area contributed by atoms with E-state index in [1.165, 1.54) is 16.8 Å². The summed E-state index contributed by atoms with van der Waals surface area (Å²) < 4.78 is 2.08. The van der Waals surface area contributed by atoms with Gasteiger partial charge in [-0.15, -0.1) is 0 Å². The van der Waals surface area contributed by atoms with Crippen molar-refractivity contribution >= 4 is 5.69 Å². The topological polar surface area (TPSA) is 29.9 Å². The van der Waals surface area contributed by atoms with Crippen LogP contribution < -0.4 is 5.32 Å². The Bertz CT molecular complexity index is 592. The molecule has 0 aliphatic carbocycles. The lowest BCUT2D eigenvalue weighted by Crippen LogP contribution is -2.06. The number of aryl methyl sites for hydroxylation is 1. The summed E-state index contributed by atoms with van der Waals surface area (Å²) >= 11 is 0. The lowest BCUT2D eigenvalue weighted by atomic mass is 10.0. The van der Waals surface area contributed by atoms with Crippen molar-refractivity contribution < 1.29 is 0 Å². The summed E-state index contributed by atoms with van der Waals surface area (Å²) in [6.45, 7) is 13.8. The van der Waals surface area contributed by atoms with Crippen LogP contribution in [-0.2, 0) is 6.54 Å². The van der Waals surface area contributed by atoms with Gasteiger partial charge in [0.25, 0.3) is 0 Å². The Kier molecular flexibility index (Phi) is 4.71. The van der Waals surface area contributed by atoms with Gasteiger partial charge in [-0.25, -0.2) is 0 Å². The molecule has 1 heterocycles. The number of rotatable bonds is 5. The van der Waals surface area contributed by atoms with Gasteiger partial charge >= 0.3 is 0 Å². The number of hydrogen-bond acceptors (Lipinski definition) is 2. The van der Waals surface area contributed by atoms with Gasteiger partial charge in [-0.3, -0.25) is 4.68 Å². The SMILES string of the molecule is Cc1nn(C(C)C)c(C)c1NCc1ccc(C(C)C)cc1. The summed E-state index contributed by atoms with van der Waals surface area (Å²) in [6.07, 6.45) is 0. The first kappa shape index (κ1) is 15.6. The molecule has 3 nitrogen and oxygen atoms in total. The molecule has 0 radical (unpaired) electrons. The lowest BCUT2D eigenvalue weighted by molar-refractivity contribution is 0.516. The van der Waals surface area contributed by atoms with Crippen LogP contribution in [-0.4, -0.2) is 9.78 Å². The Morgan fingerprint density at radius 1 is 1.05 bits per heavy atom. The van der Waals surface area contributed by atoms with Crippen LogP contribution in [0.25, 0.3) is 0 Å². The molecular formula is C18H27N3. The molecule has 0 bridgehead atoms. The molecule has 0 unspecified atom stereocenters. The van der Waals surface area contributed by atoms with E-state index in [1.54, 1.807) is 0 Å². The minimum absolute atomic E-state index is 0.393. The van der Waals surface area contributed by atoms with Crippen molar-refractivity contribution in [2.75, 3.05) is 5.32 Å². The zero-order valence-electron chi connectivity index (χ0n) is 14.1. The van der Waals surface area contributed by atoms with E-state index < -0.39 is 0 Å². The third kappa shape index (κ3) is 3.46. The zero-order chi connectivity index (χ0) is 15.6. The highest BCUT2D eigenvalue weighted by Gasteiger charge is 2.12. The second-order valence-corrected chi connectivity index (χ2v) is 6.33. The summed E-state index contributed by atoms with van der Waals surface area (Å²) in [5.74, 6) is 0.584. The molecule has 1 aromatic carbocycles. The maximum atomic E-state index is 4.61. The monoisotopic (exact) mass is 285 g/mol. The fourth-order valence-corrected chi connectivity index (χ4v) is 2.63. The van der Waals surface area contributed by atoms with Crippen LogP contribution in [0.5, 0.6) is 0 Å². The van der Waals surface area contributed by atoms with Gasteiger partial charge in [0.05, 0.1) is 17.1 Å². The number of anilines is 1. The molecule has 2 rings (SSSR count). The fraction of sp³-hybridized carbons (Fsp3) is 0.500. The molecule has 2 aromatic rings. The van der Waals surface area contributed by atoms with Crippen molar-refractivity contribution in [2.45, 2.75) is 60.0 Å². The van der Waals surface area contributed by atoms with Gasteiger partial charge in [-0.05, 0) is 44.7 Å². The average molecular weight is 285 g/mol. The Balaban J connectivity index is 2.09. The number of hydrogen-bond donors (Lipinski definition) is 1. The quantitative estimate of drug-likeness (QED) is 0.853. The van der Waals surface area contributed by atoms with Crippen molar-refractivity contribution in [1.82, 2.24) is 9.78 Å². The smallest absolute Gasteiger partial charge is 0.0828 e. The van der Waals surface area contributed by atoms with E-state index in [-0.39, 0.29) is 0 Å². The third-order valence-corrected chi connectivity index (χ3v) is 3.93. The molecule has 0 spiro atoms. The molecule has 3 heteroatoms. The van der Waals surface area contributed by atoms with E-state index in [4.69, 9.17) is 0 Å². The Morgan fingerprint density at radius 2 is 1.67 bits per heavy atom. The van der Waals surface area contributed by atoms with Crippen molar-refractivity contribution in [3.8, 4) is 0 Å². The minimum atomic E-state index is 0.393. The summed E-state index contributed by atoms with van der Waals surface area (Å²) in [4.78, 5) is 0. The lowest BCUT2D eigenvalue weighted by Gasteiger charge is -2.11. The molecule has 0 aliphatic heterocycles. The minimum Gasteiger partial charge on any atom is -0.378 e. The van der Waals surface area contributed by atoms with Crippen LogP contribution in [0.2, 0.25) is 0 Å². The molecular weight excluding hydrogens is 258 g/mol. The van der Waals surface area contributed by atoms with Crippen molar-refractivity contribution in [1.29, 1.82) is 0 Å². The molecule has 21 heavy (non-hydrogen) atoms. The van der Waals surface area contributed by atoms with E-state index >= 15 is 0 Å². The van der Waals surface area contributed by atoms with Gasteiger partial charge in [-0.2, -0.15) is 5.10 Å². The van der Waals surface area contributed by atoms with E-state index in [0.29, 0.717) is 12.0 Å². The van der Waals surface area contributed by atoms with Gasteiger partial charge in [0.2, 0.25) is 0 Å². The number of aromatic nitrogens is 2. The molecule has 114 valence electrons. The van der Waals surface area contributed by atoms with Crippen LogP contribution in [0, 0.1) is 13.8 Å². The number of benzene rings is 1. The molecule has 1 aromatic heterocycles. The van der Waals surface area contributed by atoms with Gasteiger partial charge < -0.3 is 5.32 Å². The van der Waals surface area contributed by atoms with Gasteiger partial charge in [-0.1, -0.05) is 38.1 Å². The van der Waals surface area contributed by atoms with Crippen molar-refractivity contribution in [2.24, 2.45) is 0 Å². The zero-order valence-corrected chi connectivity index (χ0v) is 14.1. The summed E-state index contributed by atoms with van der Waals surface area (Å²) in [6, 6.07) is 9.25. The Morgan fingerprint density at radius 3 is 2.14 bits per heavy atom. The van der Waals surface area contributed by atoms with E-state index in [9.17, 15) is 0 Å². The average Bonchev–Trinajstić information content (AvgIpc) is 2.72. The molecule has 0 saturated heterocycles. The van der Waals surface area contributed by atoms with Crippen LogP contribution in [0.15, 0.2) is 24.3 Å². The van der Waals surface area contributed by atoms with Gasteiger partial charge in [0.1, 0.15) is 0 Å². The molecule has 0 saturated carbocycles. The number of nitrogens with one attached hydrogen (secondary N) is 1. The highest BCUT2D eigenvalue weighted by Crippen LogP contribution is 2.23. The standard InChI is InChI=1S/C18H27N3/c1-12(2)17-9-7-16(8-10-17)11-19-18-14(5)20-21(13(3)4)15(18)6/h7-10,12-13,19H,11H2,1-6H3. The molecule has 0 fully saturated rings. The van der Waals surface area contributed by atoms with Crippen LogP contribution in [0.4, 0.5) is 5.69 Å². The first-order chi connectivity index (χ1) is 9.90. The predicted molar refractivity (Wildman–Crippen MR) is 89.9 cm³/mol.